The molecule has 22 heavy (non-hydrogen) atoms. The van der Waals surface area contributed by atoms with Crippen LogP contribution in [0.5, 0.6) is 0 Å². The number of carbonyl (C=O) groups excluding carboxylic acids is 1. The summed E-state index contributed by atoms with van der Waals surface area (Å²) in [4.78, 5) is 17.0. The number of nitrogens with zero attached hydrogens (tertiary/aromatic N) is 1. The monoisotopic (exact) mass is 354 g/mol. The molecule has 0 radical (unpaired) electrons. The lowest BCUT2D eigenvalue weighted by molar-refractivity contribution is -0.120. The molecule has 1 unspecified atom stereocenters. The summed E-state index contributed by atoms with van der Waals surface area (Å²) in [5.41, 5.74) is 1.10. The van der Waals surface area contributed by atoms with E-state index in [-0.39, 0.29) is 11.2 Å². The van der Waals surface area contributed by atoms with Gasteiger partial charge in [-0.2, -0.15) is 0 Å². The van der Waals surface area contributed by atoms with Crippen LogP contribution in [0.2, 0.25) is 10.0 Å². The van der Waals surface area contributed by atoms with Gasteiger partial charge in [-0.05, 0) is 43.2 Å². The molecule has 2 aromatic rings. The van der Waals surface area contributed by atoms with Gasteiger partial charge >= 0.3 is 0 Å². The number of aromatic nitrogens is 1. The Hall–Kier alpha value is -1.23. The van der Waals surface area contributed by atoms with Crippen molar-refractivity contribution >= 4 is 40.9 Å². The number of halogens is 2. The van der Waals surface area contributed by atoms with Crippen LogP contribution < -0.4 is 5.32 Å². The Morgan fingerprint density at radius 3 is 2.91 bits per heavy atom. The summed E-state index contributed by atoms with van der Waals surface area (Å²) in [6.45, 7) is 2.43. The molecule has 0 aliphatic rings. The first-order valence-corrected chi connectivity index (χ1v) is 8.48. The van der Waals surface area contributed by atoms with Crippen molar-refractivity contribution in [2.45, 2.75) is 23.5 Å². The molecule has 2 rings (SSSR count). The maximum absolute atomic E-state index is 12.1. The summed E-state index contributed by atoms with van der Waals surface area (Å²) < 4.78 is 0. The maximum atomic E-state index is 12.1. The summed E-state index contributed by atoms with van der Waals surface area (Å²) in [5.74, 6) is -0.0232. The number of nitrogens with one attached hydrogen (secondary N) is 1. The number of thioether (sulfide) groups is 1. The van der Waals surface area contributed by atoms with Crippen LogP contribution in [-0.2, 0) is 11.2 Å². The second-order valence-electron chi connectivity index (χ2n) is 4.74. The molecule has 1 atom stereocenters. The summed E-state index contributed by atoms with van der Waals surface area (Å²) in [7, 11) is 0. The van der Waals surface area contributed by atoms with E-state index in [0.717, 1.165) is 16.9 Å². The Kier molecular flexibility index (Phi) is 6.55. The highest BCUT2D eigenvalue weighted by Crippen LogP contribution is 2.32. The summed E-state index contributed by atoms with van der Waals surface area (Å²) in [6, 6.07) is 9.11. The van der Waals surface area contributed by atoms with Gasteiger partial charge < -0.3 is 5.32 Å². The van der Waals surface area contributed by atoms with Gasteiger partial charge in [0.1, 0.15) is 0 Å². The normalized spacial score (nSPS) is 12.0. The fourth-order valence-electron chi connectivity index (χ4n) is 1.83. The number of carbonyl (C=O) groups is 1. The van der Waals surface area contributed by atoms with Crippen molar-refractivity contribution in [1.29, 1.82) is 0 Å². The predicted molar refractivity (Wildman–Crippen MR) is 92.7 cm³/mol. The Morgan fingerprint density at radius 2 is 2.18 bits per heavy atom. The van der Waals surface area contributed by atoms with E-state index in [1.165, 1.54) is 11.8 Å². The smallest absolute Gasteiger partial charge is 0.233 e. The lowest BCUT2D eigenvalue weighted by Gasteiger charge is -2.13. The van der Waals surface area contributed by atoms with Crippen molar-refractivity contribution < 1.29 is 4.79 Å². The van der Waals surface area contributed by atoms with Gasteiger partial charge in [0.2, 0.25) is 5.91 Å². The van der Waals surface area contributed by atoms with Crippen LogP contribution in [0.25, 0.3) is 0 Å². The summed E-state index contributed by atoms with van der Waals surface area (Å²) >= 11 is 13.5. The third-order valence-corrected chi connectivity index (χ3v) is 4.84. The number of hydrogen-bond acceptors (Lipinski definition) is 3. The van der Waals surface area contributed by atoms with Crippen LogP contribution in [0.15, 0.2) is 47.6 Å². The van der Waals surface area contributed by atoms with Crippen molar-refractivity contribution in [2.75, 3.05) is 6.54 Å². The molecule has 0 bridgehead atoms. The highest BCUT2D eigenvalue weighted by atomic mass is 35.5. The van der Waals surface area contributed by atoms with Crippen LogP contribution in [0.1, 0.15) is 12.5 Å². The summed E-state index contributed by atoms with van der Waals surface area (Å²) in [6.07, 6.45) is 4.29. The highest BCUT2D eigenvalue weighted by molar-refractivity contribution is 8.00. The van der Waals surface area contributed by atoms with Crippen LogP contribution in [0.4, 0.5) is 0 Å². The molecule has 3 nitrogen and oxygen atoms in total. The number of benzene rings is 1. The molecule has 1 aromatic carbocycles. The quantitative estimate of drug-likeness (QED) is 0.789. The Morgan fingerprint density at radius 1 is 1.36 bits per heavy atom. The van der Waals surface area contributed by atoms with Crippen LogP contribution in [0.3, 0.4) is 0 Å². The van der Waals surface area contributed by atoms with Crippen LogP contribution in [0, 0.1) is 0 Å². The molecule has 116 valence electrons. The lowest BCUT2D eigenvalue weighted by Crippen LogP contribution is -2.32. The average Bonchev–Trinajstić information content (AvgIpc) is 2.52. The zero-order valence-electron chi connectivity index (χ0n) is 12.1. The summed E-state index contributed by atoms with van der Waals surface area (Å²) in [5, 5.41) is 3.88. The van der Waals surface area contributed by atoms with Gasteiger partial charge in [-0.3, -0.25) is 9.78 Å². The average molecular weight is 355 g/mol. The second-order valence-corrected chi connectivity index (χ2v) is 6.96. The maximum Gasteiger partial charge on any atom is 0.233 e. The van der Waals surface area contributed by atoms with E-state index in [1.807, 2.05) is 19.1 Å². The second kappa shape index (κ2) is 8.42. The number of pyridine rings is 1. The Labute approximate surface area is 144 Å². The lowest BCUT2D eigenvalue weighted by atomic mass is 10.2. The van der Waals surface area contributed by atoms with Gasteiger partial charge in [0.05, 0.1) is 10.3 Å². The third-order valence-electron chi connectivity index (χ3n) is 3.00. The van der Waals surface area contributed by atoms with Crippen molar-refractivity contribution in [3.05, 3.63) is 58.3 Å². The van der Waals surface area contributed by atoms with E-state index < -0.39 is 0 Å². The first-order valence-electron chi connectivity index (χ1n) is 6.84. The van der Waals surface area contributed by atoms with E-state index in [1.54, 1.807) is 30.6 Å². The fourth-order valence-corrected chi connectivity index (χ4v) is 3.27. The first-order chi connectivity index (χ1) is 10.6. The van der Waals surface area contributed by atoms with E-state index in [9.17, 15) is 4.79 Å². The van der Waals surface area contributed by atoms with Gasteiger partial charge in [-0.15, -0.1) is 11.8 Å². The molecular weight excluding hydrogens is 339 g/mol. The van der Waals surface area contributed by atoms with Crippen molar-refractivity contribution in [2.24, 2.45) is 0 Å². The zero-order valence-corrected chi connectivity index (χ0v) is 14.4. The number of hydrogen-bond donors (Lipinski definition) is 1. The van der Waals surface area contributed by atoms with Gasteiger partial charge in [-0.25, -0.2) is 0 Å². The van der Waals surface area contributed by atoms with Gasteiger partial charge in [0, 0.05) is 28.9 Å². The first kappa shape index (κ1) is 17.1. The van der Waals surface area contributed by atoms with Gasteiger partial charge in [-0.1, -0.05) is 29.3 Å². The molecule has 0 fully saturated rings. The fraction of sp³-hybridized carbons (Fsp3) is 0.250. The third kappa shape index (κ3) is 5.20. The Balaban J connectivity index is 1.83. The molecule has 0 saturated carbocycles. The van der Waals surface area contributed by atoms with E-state index in [4.69, 9.17) is 23.2 Å². The molecule has 1 heterocycles. The van der Waals surface area contributed by atoms with Gasteiger partial charge in [0.25, 0.3) is 0 Å². The molecule has 6 heteroatoms. The molecule has 0 aliphatic heterocycles. The largest absolute Gasteiger partial charge is 0.355 e. The van der Waals surface area contributed by atoms with E-state index in [2.05, 4.69) is 10.3 Å². The number of amides is 1. The predicted octanol–water partition coefficient (Wildman–Crippen LogP) is 4.23. The molecule has 0 saturated heterocycles. The molecule has 1 aromatic heterocycles. The van der Waals surface area contributed by atoms with Gasteiger partial charge in [0.15, 0.2) is 0 Å². The molecule has 0 aliphatic carbocycles. The molecule has 1 amide bonds. The Bertz CT molecular complexity index is 637. The molecule has 0 spiro atoms. The van der Waals surface area contributed by atoms with Crippen molar-refractivity contribution in [3.63, 3.8) is 0 Å². The SMILES string of the molecule is CC(Sc1cc(Cl)ccc1Cl)C(=O)NCCc1cccnc1. The van der Waals surface area contributed by atoms with E-state index in [0.29, 0.717) is 16.6 Å². The zero-order chi connectivity index (χ0) is 15.9. The topological polar surface area (TPSA) is 42.0 Å². The minimum Gasteiger partial charge on any atom is -0.355 e. The highest BCUT2D eigenvalue weighted by Gasteiger charge is 2.15. The van der Waals surface area contributed by atoms with Crippen molar-refractivity contribution in [3.8, 4) is 0 Å². The van der Waals surface area contributed by atoms with Crippen LogP contribution >= 0.6 is 35.0 Å². The minimum absolute atomic E-state index is 0.0232. The minimum atomic E-state index is -0.245. The molecular formula is C16H16Cl2N2OS. The van der Waals surface area contributed by atoms with Crippen molar-refractivity contribution in [1.82, 2.24) is 10.3 Å². The number of rotatable bonds is 6. The van der Waals surface area contributed by atoms with Crippen LogP contribution in [-0.4, -0.2) is 22.7 Å². The van der Waals surface area contributed by atoms with E-state index >= 15 is 0 Å². The standard InChI is InChI=1S/C16H16Cl2N2OS/c1-11(22-15-9-13(17)4-5-14(15)18)16(21)20-8-6-12-3-2-7-19-10-12/h2-5,7,9-11H,6,8H2,1H3,(H,20,21). The molecule has 1 N–H and O–H groups in total.